The average molecular weight is 457 g/mol. The van der Waals surface area contributed by atoms with Gasteiger partial charge in [0, 0.05) is 6.54 Å². The topological polar surface area (TPSA) is 86.3 Å². The molecule has 2 amide bonds. The summed E-state index contributed by atoms with van der Waals surface area (Å²) in [5.74, 6) is 1.37. The summed E-state index contributed by atoms with van der Waals surface area (Å²) in [7, 11) is 6.12. The Morgan fingerprint density at radius 2 is 1.61 bits per heavy atom. The lowest BCUT2D eigenvalue weighted by atomic mass is 9.87. The number of rotatable bonds is 7. The number of hydrogen-bond acceptors (Lipinski definition) is 6. The summed E-state index contributed by atoms with van der Waals surface area (Å²) in [6.45, 7) is 4.20. The Morgan fingerprint density at radius 1 is 0.970 bits per heavy atom. The van der Waals surface area contributed by atoms with E-state index in [4.69, 9.17) is 18.9 Å². The van der Waals surface area contributed by atoms with Crippen LogP contribution in [0, 0.1) is 5.92 Å². The zero-order valence-electron chi connectivity index (χ0n) is 20.0. The van der Waals surface area contributed by atoms with E-state index >= 15 is 0 Å². The van der Waals surface area contributed by atoms with Crippen molar-refractivity contribution in [1.29, 1.82) is 0 Å². The minimum absolute atomic E-state index is 0.123. The monoisotopic (exact) mass is 456 g/mol. The predicted octanol–water partition coefficient (Wildman–Crippen LogP) is 3.57. The van der Waals surface area contributed by atoms with Crippen molar-refractivity contribution < 1.29 is 28.5 Å². The zero-order valence-corrected chi connectivity index (χ0v) is 20.0. The van der Waals surface area contributed by atoms with E-state index in [0.717, 1.165) is 22.4 Å². The highest BCUT2D eigenvalue weighted by molar-refractivity contribution is 5.84. The first-order valence-corrected chi connectivity index (χ1v) is 10.9. The molecule has 8 heteroatoms. The lowest BCUT2D eigenvalue weighted by Crippen LogP contribution is -2.53. The van der Waals surface area contributed by atoms with Gasteiger partial charge in [0.15, 0.2) is 11.5 Å². The largest absolute Gasteiger partial charge is 0.497 e. The van der Waals surface area contributed by atoms with Gasteiger partial charge < -0.3 is 29.2 Å². The Morgan fingerprint density at radius 3 is 2.15 bits per heavy atom. The average Bonchev–Trinajstić information content (AvgIpc) is 2.84. The van der Waals surface area contributed by atoms with Crippen LogP contribution in [0.25, 0.3) is 0 Å². The number of ether oxygens (including phenoxy) is 4. The highest BCUT2D eigenvalue weighted by Crippen LogP contribution is 2.41. The molecule has 1 N–H and O–H groups in total. The van der Waals surface area contributed by atoms with E-state index in [1.54, 1.807) is 26.2 Å². The molecule has 1 aliphatic rings. The van der Waals surface area contributed by atoms with E-state index in [-0.39, 0.29) is 18.0 Å². The fraction of sp³-hybridized carbons (Fsp3) is 0.440. The maximum Gasteiger partial charge on any atom is 0.328 e. The van der Waals surface area contributed by atoms with Crippen LogP contribution in [0.2, 0.25) is 0 Å². The number of benzene rings is 2. The maximum absolute atomic E-state index is 13.5. The third-order valence-electron chi connectivity index (χ3n) is 5.97. The Bertz CT molecular complexity index is 989. The summed E-state index contributed by atoms with van der Waals surface area (Å²) < 4.78 is 21.2. The second kappa shape index (κ2) is 10.5. The van der Waals surface area contributed by atoms with Gasteiger partial charge in [-0.2, -0.15) is 0 Å². The number of carbonyl (C=O) groups is 2. The molecule has 0 spiro atoms. The third kappa shape index (κ3) is 4.99. The molecule has 0 bridgehead atoms. The first kappa shape index (κ1) is 24.2. The molecule has 3 rings (SSSR count). The number of hydrogen-bond donors (Lipinski definition) is 1. The molecule has 2 atom stereocenters. The molecule has 1 aliphatic heterocycles. The molecule has 0 radical (unpaired) electrons. The van der Waals surface area contributed by atoms with Crippen LogP contribution in [-0.2, 0) is 16.0 Å². The summed E-state index contributed by atoms with van der Waals surface area (Å²) >= 11 is 0. The van der Waals surface area contributed by atoms with Gasteiger partial charge >= 0.3 is 12.0 Å². The number of carbonyl (C=O) groups excluding carboxylic acids is 2. The van der Waals surface area contributed by atoms with Crippen molar-refractivity contribution >= 4 is 12.0 Å². The first-order chi connectivity index (χ1) is 15.8. The van der Waals surface area contributed by atoms with Crippen LogP contribution < -0.4 is 19.5 Å². The first-order valence-electron chi connectivity index (χ1n) is 10.9. The standard InChI is InChI=1S/C25H32N2O6/c1-15(2)22(24(28)33-6)26-25(29)27-12-11-17-13-20(31-4)21(32-5)14-19(17)23(27)16-7-9-18(30-3)10-8-16/h7-10,13-15,22-23H,11-12H2,1-6H3,(H,26,29)/t22-,23-/m0/s1. The van der Waals surface area contributed by atoms with Gasteiger partial charge in [-0.05, 0) is 53.3 Å². The lowest BCUT2D eigenvalue weighted by molar-refractivity contribution is -0.144. The SMILES string of the molecule is COC(=O)[C@@H](NC(=O)N1CCc2cc(OC)c(OC)cc2[C@@H]1c1ccc(OC)cc1)C(C)C. The molecular weight excluding hydrogens is 424 g/mol. The van der Waals surface area contributed by atoms with Gasteiger partial charge in [0.25, 0.3) is 0 Å². The maximum atomic E-state index is 13.5. The molecule has 8 nitrogen and oxygen atoms in total. The number of nitrogens with zero attached hydrogens (tertiary/aromatic N) is 1. The minimum Gasteiger partial charge on any atom is -0.497 e. The highest BCUT2D eigenvalue weighted by Gasteiger charge is 2.35. The van der Waals surface area contributed by atoms with Crippen LogP contribution in [0.3, 0.4) is 0 Å². The fourth-order valence-corrected chi connectivity index (χ4v) is 4.15. The molecule has 0 fully saturated rings. The van der Waals surface area contributed by atoms with Crippen LogP contribution in [0.1, 0.15) is 36.6 Å². The van der Waals surface area contributed by atoms with Crippen molar-refractivity contribution in [2.24, 2.45) is 5.92 Å². The van der Waals surface area contributed by atoms with E-state index in [2.05, 4.69) is 5.32 Å². The highest BCUT2D eigenvalue weighted by atomic mass is 16.5. The van der Waals surface area contributed by atoms with E-state index in [1.807, 2.05) is 50.2 Å². The van der Waals surface area contributed by atoms with Gasteiger partial charge in [0.05, 0.1) is 34.5 Å². The van der Waals surface area contributed by atoms with Gasteiger partial charge in [0.2, 0.25) is 0 Å². The van der Waals surface area contributed by atoms with Crippen LogP contribution in [-0.4, -0.2) is 57.9 Å². The number of amides is 2. The molecule has 33 heavy (non-hydrogen) atoms. The Balaban J connectivity index is 2.06. The van der Waals surface area contributed by atoms with Gasteiger partial charge in [-0.3, -0.25) is 0 Å². The van der Waals surface area contributed by atoms with Crippen molar-refractivity contribution in [3.05, 3.63) is 53.1 Å². The quantitative estimate of drug-likeness (QED) is 0.641. The summed E-state index contributed by atoms with van der Waals surface area (Å²) in [5, 5.41) is 2.87. The van der Waals surface area contributed by atoms with Crippen LogP contribution in [0.5, 0.6) is 17.2 Å². The van der Waals surface area contributed by atoms with Gasteiger partial charge in [-0.1, -0.05) is 26.0 Å². The van der Waals surface area contributed by atoms with Crippen molar-refractivity contribution in [3.63, 3.8) is 0 Å². The van der Waals surface area contributed by atoms with Gasteiger partial charge in [-0.15, -0.1) is 0 Å². The minimum atomic E-state index is -0.745. The second-order valence-electron chi connectivity index (χ2n) is 8.22. The molecule has 178 valence electrons. The Labute approximate surface area is 194 Å². The lowest BCUT2D eigenvalue weighted by Gasteiger charge is -2.39. The molecule has 2 aromatic rings. The summed E-state index contributed by atoms with van der Waals surface area (Å²) in [5.41, 5.74) is 2.93. The molecular formula is C25H32N2O6. The summed E-state index contributed by atoms with van der Waals surface area (Å²) in [6, 6.07) is 10.0. The van der Waals surface area contributed by atoms with Gasteiger partial charge in [-0.25, -0.2) is 9.59 Å². The number of fused-ring (bicyclic) bond motifs is 1. The molecule has 0 saturated carbocycles. The third-order valence-corrected chi connectivity index (χ3v) is 5.97. The Kier molecular flexibility index (Phi) is 7.68. The van der Waals surface area contributed by atoms with E-state index in [1.165, 1.54) is 7.11 Å². The number of esters is 1. The van der Waals surface area contributed by atoms with E-state index < -0.39 is 12.0 Å². The van der Waals surface area contributed by atoms with Crippen molar-refractivity contribution in [2.75, 3.05) is 35.0 Å². The molecule has 0 aromatic heterocycles. The second-order valence-corrected chi connectivity index (χ2v) is 8.22. The van der Waals surface area contributed by atoms with Crippen molar-refractivity contribution in [2.45, 2.75) is 32.4 Å². The fourth-order valence-electron chi connectivity index (χ4n) is 4.15. The Hall–Kier alpha value is -3.42. The van der Waals surface area contributed by atoms with Crippen molar-refractivity contribution in [1.82, 2.24) is 10.2 Å². The smallest absolute Gasteiger partial charge is 0.328 e. The van der Waals surface area contributed by atoms with E-state index in [9.17, 15) is 9.59 Å². The number of nitrogens with one attached hydrogen (secondary N) is 1. The van der Waals surface area contributed by atoms with Crippen LogP contribution in [0.15, 0.2) is 36.4 Å². The molecule has 2 aromatic carbocycles. The van der Waals surface area contributed by atoms with Crippen molar-refractivity contribution in [3.8, 4) is 17.2 Å². The summed E-state index contributed by atoms with van der Waals surface area (Å²) in [6.07, 6.45) is 0.639. The zero-order chi connectivity index (χ0) is 24.1. The summed E-state index contributed by atoms with van der Waals surface area (Å²) in [4.78, 5) is 27.4. The van der Waals surface area contributed by atoms with E-state index in [0.29, 0.717) is 24.5 Å². The number of methoxy groups -OCH3 is 4. The normalized spacial score (nSPS) is 16.0. The van der Waals surface area contributed by atoms with Crippen LogP contribution in [0.4, 0.5) is 4.79 Å². The molecule has 0 aliphatic carbocycles. The van der Waals surface area contributed by atoms with Crippen LogP contribution >= 0.6 is 0 Å². The molecule has 1 heterocycles. The number of urea groups is 1. The predicted molar refractivity (Wildman–Crippen MR) is 124 cm³/mol. The molecule has 0 unspecified atom stereocenters. The molecule has 0 saturated heterocycles. The van der Waals surface area contributed by atoms with Gasteiger partial charge in [0.1, 0.15) is 11.8 Å².